The number of rotatable bonds is 3. The Morgan fingerprint density at radius 3 is 2.58 bits per heavy atom. The van der Waals surface area contributed by atoms with Crippen LogP contribution >= 0.6 is 15.9 Å². The van der Waals surface area contributed by atoms with Gasteiger partial charge in [0.25, 0.3) is 5.91 Å². The highest BCUT2D eigenvalue weighted by atomic mass is 79.9. The topological polar surface area (TPSA) is 61.0 Å². The zero-order chi connectivity index (χ0) is 14.0. The monoisotopic (exact) mass is 328 g/mol. The second-order valence-electron chi connectivity index (χ2n) is 5.31. The summed E-state index contributed by atoms with van der Waals surface area (Å²) < 4.78 is 0.809. The predicted octanol–water partition coefficient (Wildman–Crippen LogP) is 2.12. The number of halogens is 1. The summed E-state index contributed by atoms with van der Waals surface area (Å²) in [6, 6.07) is 0.526. The number of nitrogens with zero attached hydrogens (tertiary/aromatic N) is 2. The lowest BCUT2D eigenvalue weighted by atomic mass is 10.0. The van der Waals surface area contributed by atoms with Crippen molar-refractivity contribution in [2.24, 2.45) is 0 Å². The van der Waals surface area contributed by atoms with Crippen molar-refractivity contribution in [1.29, 1.82) is 0 Å². The average Bonchev–Trinajstić information content (AvgIpc) is 2.80. The van der Waals surface area contributed by atoms with E-state index in [1.165, 1.54) is 0 Å². The first-order chi connectivity index (χ1) is 9.04. The highest BCUT2D eigenvalue weighted by Gasteiger charge is 2.27. The van der Waals surface area contributed by atoms with E-state index in [0.717, 1.165) is 36.1 Å². The standard InChI is InChI=1S/C13H21BrN4O/c1-8(2)11-10(14)12(17-16-11)13(19)18-6-4-9(15-3)5-7-18/h8-9,15H,4-7H2,1-3H3,(H,16,17). The van der Waals surface area contributed by atoms with Crippen LogP contribution in [-0.2, 0) is 0 Å². The molecule has 1 aromatic rings. The van der Waals surface area contributed by atoms with E-state index < -0.39 is 0 Å². The van der Waals surface area contributed by atoms with Crippen LogP contribution in [0, 0.1) is 0 Å². The number of carbonyl (C=O) groups excluding carboxylic acids is 1. The van der Waals surface area contributed by atoms with Gasteiger partial charge in [-0.1, -0.05) is 13.8 Å². The highest BCUT2D eigenvalue weighted by Crippen LogP contribution is 2.27. The van der Waals surface area contributed by atoms with Gasteiger partial charge in [0, 0.05) is 19.1 Å². The highest BCUT2D eigenvalue weighted by molar-refractivity contribution is 9.10. The Hall–Kier alpha value is -0.880. The van der Waals surface area contributed by atoms with Crippen molar-refractivity contribution in [3.8, 4) is 0 Å². The van der Waals surface area contributed by atoms with Crippen LogP contribution in [0.3, 0.4) is 0 Å². The second-order valence-corrected chi connectivity index (χ2v) is 6.10. The van der Waals surface area contributed by atoms with E-state index in [1.807, 2.05) is 11.9 Å². The first-order valence-corrected chi connectivity index (χ1v) is 7.54. The van der Waals surface area contributed by atoms with Gasteiger partial charge in [0.05, 0.1) is 10.2 Å². The molecule has 6 heteroatoms. The maximum Gasteiger partial charge on any atom is 0.275 e. The number of piperidine rings is 1. The molecule has 0 atom stereocenters. The van der Waals surface area contributed by atoms with Crippen LogP contribution in [0.2, 0.25) is 0 Å². The lowest BCUT2D eigenvalue weighted by molar-refractivity contribution is 0.0700. The number of nitrogens with one attached hydrogen (secondary N) is 2. The van der Waals surface area contributed by atoms with Crippen LogP contribution in [0.1, 0.15) is 48.8 Å². The third kappa shape index (κ3) is 3.00. The lowest BCUT2D eigenvalue weighted by Gasteiger charge is -2.31. The second kappa shape index (κ2) is 6.05. The maximum absolute atomic E-state index is 12.4. The molecule has 1 saturated heterocycles. The van der Waals surface area contributed by atoms with Gasteiger partial charge in [-0.15, -0.1) is 0 Å². The van der Waals surface area contributed by atoms with E-state index >= 15 is 0 Å². The smallest absolute Gasteiger partial charge is 0.275 e. The molecule has 0 saturated carbocycles. The van der Waals surface area contributed by atoms with Gasteiger partial charge in [-0.3, -0.25) is 9.89 Å². The van der Waals surface area contributed by atoms with Crippen molar-refractivity contribution in [2.75, 3.05) is 20.1 Å². The number of amides is 1. The van der Waals surface area contributed by atoms with Crippen LogP contribution in [0.25, 0.3) is 0 Å². The number of likely N-dealkylation sites (tertiary alicyclic amines) is 1. The molecule has 5 nitrogen and oxygen atoms in total. The van der Waals surface area contributed by atoms with Crippen LogP contribution in [0.4, 0.5) is 0 Å². The van der Waals surface area contributed by atoms with Crippen LogP contribution in [-0.4, -0.2) is 47.2 Å². The summed E-state index contributed by atoms with van der Waals surface area (Å²) in [6.45, 7) is 5.73. The third-order valence-electron chi connectivity index (χ3n) is 3.70. The van der Waals surface area contributed by atoms with Gasteiger partial charge in [0.15, 0.2) is 5.69 Å². The van der Waals surface area contributed by atoms with Crippen molar-refractivity contribution in [1.82, 2.24) is 20.4 Å². The van der Waals surface area contributed by atoms with Crippen molar-refractivity contribution in [2.45, 2.75) is 38.6 Å². The molecular weight excluding hydrogens is 308 g/mol. The van der Waals surface area contributed by atoms with Gasteiger partial charge >= 0.3 is 0 Å². The number of hydrogen-bond donors (Lipinski definition) is 2. The van der Waals surface area contributed by atoms with E-state index in [9.17, 15) is 4.79 Å². The molecule has 1 amide bonds. The van der Waals surface area contributed by atoms with Crippen LogP contribution in [0.15, 0.2) is 4.47 Å². The van der Waals surface area contributed by atoms with E-state index in [0.29, 0.717) is 17.7 Å². The van der Waals surface area contributed by atoms with Gasteiger partial charge in [0.1, 0.15) is 0 Å². The fourth-order valence-electron chi connectivity index (χ4n) is 2.39. The summed E-state index contributed by atoms with van der Waals surface area (Å²) in [5.74, 6) is 0.336. The molecule has 0 aliphatic carbocycles. The molecule has 0 radical (unpaired) electrons. The number of hydrogen-bond acceptors (Lipinski definition) is 3. The Kier molecular flexibility index (Phi) is 4.62. The first kappa shape index (κ1) is 14.5. The van der Waals surface area contributed by atoms with Gasteiger partial charge in [-0.25, -0.2) is 0 Å². The summed E-state index contributed by atoms with van der Waals surface area (Å²) in [4.78, 5) is 14.3. The largest absolute Gasteiger partial charge is 0.337 e. The van der Waals surface area contributed by atoms with Crippen molar-refractivity contribution < 1.29 is 4.79 Å². The fraction of sp³-hybridized carbons (Fsp3) is 0.692. The quantitative estimate of drug-likeness (QED) is 0.893. The molecule has 2 rings (SSSR count). The summed E-state index contributed by atoms with van der Waals surface area (Å²) in [6.07, 6.45) is 2.00. The van der Waals surface area contributed by atoms with Gasteiger partial charge in [0.2, 0.25) is 0 Å². The zero-order valence-corrected chi connectivity index (χ0v) is 13.2. The number of carbonyl (C=O) groups is 1. The minimum Gasteiger partial charge on any atom is -0.337 e. The molecule has 2 N–H and O–H groups in total. The first-order valence-electron chi connectivity index (χ1n) is 6.74. The summed E-state index contributed by atoms with van der Waals surface area (Å²) in [5.41, 5.74) is 1.49. The van der Waals surface area contributed by atoms with Crippen LogP contribution in [0.5, 0.6) is 0 Å². The molecule has 2 heterocycles. The Morgan fingerprint density at radius 1 is 1.47 bits per heavy atom. The van der Waals surface area contributed by atoms with Gasteiger partial charge in [-0.05, 0) is 41.7 Å². The Bertz CT molecular complexity index is 449. The molecule has 0 aromatic carbocycles. The van der Waals surface area contributed by atoms with E-state index in [-0.39, 0.29) is 5.91 Å². The predicted molar refractivity (Wildman–Crippen MR) is 78.4 cm³/mol. The number of H-pyrrole nitrogens is 1. The normalized spacial score (nSPS) is 17.2. The lowest BCUT2D eigenvalue weighted by Crippen LogP contribution is -2.44. The summed E-state index contributed by atoms with van der Waals surface area (Å²) in [5, 5.41) is 10.4. The number of aromatic amines is 1. The van der Waals surface area contributed by atoms with E-state index in [2.05, 4.69) is 45.3 Å². The molecule has 0 spiro atoms. The Labute approximate surface area is 122 Å². The molecule has 0 unspecified atom stereocenters. The van der Waals surface area contributed by atoms with Crippen LogP contribution < -0.4 is 5.32 Å². The minimum absolute atomic E-state index is 0.0181. The van der Waals surface area contributed by atoms with Gasteiger partial charge < -0.3 is 10.2 Å². The van der Waals surface area contributed by atoms with Crippen molar-refractivity contribution in [3.05, 3.63) is 15.9 Å². The number of aromatic nitrogens is 2. The Morgan fingerprint density at radius 2 is 2.11 bits per heavy atom. The molecule has 106 valence electrons. The zero-order valence-electron chi connectivity index (χ0n) is 11.7. The Balaban J connectivity index is 2.08. The molecule has 1 aliphatic rings. The summed E-state index contributed by atoms with van der Waals surface area (Å²) >= 11 is 3.49. The van der Waals surface area contributed by atoms with Gasteiger partial charge in [-0.2, -0.15) is 5.10 Å². The molecule has 1 aliphatic heterocycles. The fourth-order valence-corrected chi connectivity index (χ4v) is 3.19. The maximum atomic E-state index is 12.4. The molecule has 1 fully saturated rings. The molecular formula is C13H21BrN4O. The third-order valence-corrected chi connectivity index (χ3v) is 4.51. The minimum atomic E-state index is 0.0181. The molecule has 19 heavy (non-hydrogen) atoms. The average molecular weight is 329 g/mol. The van der Waals surface area contributed by atoms with E-state index in [1.54, 1.807) is 0 Å². The van der Waals surface area contributed by atoms with E-state index in [4.69, 9.17) is 0 Å². The molecule has 1 aromatic heterocycles. The SMILES string of the molecule is CNC1CCN(C(=O)c2n[nH]c(C(C)C)c2Br)CC1. The van der Waals surface area contributed by atoms with Crippen molar-refractivity contribution in [3.63, 3.8) is 0 Å². The van der Waals surface area contributed by atoms with Crippen molar-refractivity contribution >= 4 is 21.8 Å². The summed E-state index contributed by atoms with van der Waals surface area (Å²) in [7, 11) is 1.97. The molecule has 0 bridgehead atoms.